The minimum atomic E-state index is -0.272. The maximum absolute atomic E-state index is 14.0. The molecule has 22 heavy (non-hydrogen) atoms. The Hall–Kier alpha value is -2.53. The van der Waals surface area contributed by atoms with Crippen LogP contribution in [0, 0.1) is 5.82 Å². The third kappa shape index (κ3) is 2.89. The van der Waals surface area contributed by atoms with Gasteiger partial charge in [-0.3, -0.25) is 4.99 Å². The second-order valence-corrected chi connectivity index (χ2v) is 5.41. The summed E-state index contributed by atoms with van der Waals surface area (Å²) in [6.07, 6.45) is 1.74. The molecule has 3 aromatic rings. The maximum atomic E-state index is 14.0. The number of benzene rings is 2. The van der Waals surface area contributed by atoms with Crippen LogP contribution < -0.4 is 4.80 Å². The second kappa shape index (κ2) is 6.49. The highest BCUT2D eigenvalue weighted by Gasteiger charge is 2.10. The summed E-state index contributed by atoms with van der Waals surface area (Å²) in [6, 6.07) is 16.4. The summed E-state index contributed by atoms with van der Waals surface area (Å²) < 4.78 is 15.7. The predicted molar refractivity (Wildman–Crippen MR) is 88.6 cm³/mol. The zero-order valence-corrected chi connectivity index (χ0v) is 12.8. The van der Waals surface area contributed by atoms with E-state index in [0.717, 1.165) is 5.56 Å². The van der Waals surface area contributed by atoms with Gasteiger partial charge in [0.05, 0.1) is 11.9 Å². The Balaban J connectivity index is 2.10. The monoisotopic (exact) mass is 311 g/mol. The van der Waals surface area contributed by atoms with Crippen LogP contribution in [0.5, 0.6) is 0 Å². The fourth-order valence-electron chi connectivity index (χ4n) is 2.08. The van der Waals surface area contributed by atoms with Crippen LogP contribution in [0.3, 0.4) is 0 Å². The highest BCUT2D eigenvalue weighted by atomic mass is 32.1. The van der Waals surface area contributed by atoms with Gasteiger partial charge in [-0.25, -0.2) is 9.07 Å². The molecule has 0 amide bonds. The summed E-state index contributed by atoms with van der Waals surface area (Å²) in [7, 11) is 1.70. The van der Waals surface area contributed by atoms with E-state index in [1.54, 1.807) is 30.1 Å². The molecule has 0 bridgehead atoms. The van der Waals surface area contributed by atoms with Crippen molar-refractivity contribution in [3.63, 3.8) is 0 Å². The normalized spacial score (nSPS) is 12.2. The lowest BCUT2D eigenvalue weighted by Crippen LogP contribution is -2.11. The lowest BCUT2D eigenvalue weighted by Gasteiger charge is -2.04. The molecule has 0 unspecified atom stereocenters. The van der Waals surface area contributed by atoms with E-state index in [0.29, 0.717) is 16.1 Å². The Morgan fingerprint density at radius 3 is 2.50 bits per heavy atom. The van der Waals surface area contributed by atoms with E-state index in [1.807, 2.05) is 41.8 Å². The van der Waals surface area contributed by atoms with Gasteiger partial charge in [-0.05, 0) is 17.7 Å². The van der Waals surface area contributed by atoms with Gasteiger partial charge in [0.15, 0.2) is 0 Å². The minimum Gasteiger partial charge on any atom is -0.261 e. The van der Waals surface area contributed by atoms with E-state index in [9.17, 15) is 4.39 Å². The van der Waals surface area contributed by atoms with Crippen LogP contribution in [-0.2, 0) is 0 Å². The van der Waals surface area contributed by atoms with Crippen LogP contribution in [0.1, 0.15) is 5.56 Å². The van der Waals surface area contributed by atoms with Gasteiger partial charge >= 0.3 is 0 Å². The summed E-state index contributed by atoms with van der Waals surface area (Å²) in [6.45, 7) is 0. The maximum Gasteiger partial charge on any atom is 0.205 e. The lowest BCUT2D eigenvalue weighted by atomic mass is 10.1. The van der Waals surface area contributed by atoms with Crippen molar-refractivity contribution >= 4 is 17.6 Å². The van der Waals surface area contributed by atoms with Gasteiger partial charge in [-0.2, -0.15) is 5.10 Å². The van der Waals surface area contributed by atoms with Crippen LogP contribution in [0.15, 0.2) is 70.1 Å². The van der Waals surface area contributed by atoms with Crippen molar-refractivity contribution in [1.29, 1.82) is 0 Å². The Bertz CT molecular complexity index is 863. The van der Waals surface area contributed by atoms with Crippen LogP contribution in [-0.4, -0.2) is 17.9 Å². The molecule has 0 spiro atoms. The van der Waals surface area contributed by atoms with Crippen molar-refractivity contribution < 1.29 is 4.39 Å². The average Bonchev–Trinajstić information content (AvgIpc) is 2.97. The zero-order valence-electron chi connectivity index (χ0n) is 12.0. The van der Waals surface area contributed by atoms with Gasteiger partial charge in [0.25, 0.3) is 0 Å². The van der Waals surface area contributed by atoms with Crippen LogP contribution in [0.4, 0.5) is 4.39 Å². The third-order valence-electron chi connectivity index (χ3n) is 3.15. The van der Waals surface area contributed by atoms with Crippen molar-refractivity contribution in [2.24, 2.45) is 10.1 Å². The highest BCUT2D eigenvalue weighted by Crippen LogP contribution is 2.23. The lowest BCUT2D eigenvalue weighted by molar-refractivity contribution is 0.629. The molecule has 0 radical (unpaired) electrons. The van der Waals surface area contributed by atoms with Crippen LogP contribution >= 0.6 is 11.3 Å². The first-order valence-corrected chi connectivity index (χ1v) is 7.65. The molecule has 0 atom stereocenters. The topological polar surface area (TPSA) is 29.6 Å². The smallest absolute Gasteiger partial charge is 0.205 e. The molecular weight excluding hydrogens is 297 g/mol. The Morgan fingerprint density at radius 2 is 1.77 bits per heavy atom. The summed E-state index contributed by atoms with van der Waals surface area (Å²) in [5.41, 5.74) is 2.18. The molecule has 0 fully saturated rings. The molecule has 3 rings (SSSR count). The fourth-order valence-corrected chi connectivity index (χ4v) is 2.88. The summed E-state index contributed by atoms with van der Waals surface area (Å²) in [4.78, 5) is 4.92. The third-order valence-corrected chi connectivity index (χ3v) is 4.06. The predicted octanol–water partition coefficient (Wildman–Crippen LogP) is 3.77. The van der Waals surface area contributed by atoms with E-state index >= 15 is 0 Å². The number of nitrogens with zero attached hydrogens (tertiary/aromatic N) is 3. The number of halogens is 1. The zero-order chi connectivity index (χ0) is 15.4. The summed E-state index contributed by atoms with van der Waals surface area (Å²) in [5.74, 6) is -0.272. The minimum absolute atomic E-state index is 0.272. The Labute approximate surface area is 131 Å². The number of hydrogen-bond donors (Lipinski definition) is 0. The first-order chi connectivity index (χ1) is 10.8. The second-order valence-electron chi connectivity index (χ2n) is 4.57. The standard InChI is InChI=1S/C17H14FN3S/c1-19-17-21(20-11-13-7-3-2-4-8-13)16(12-22-17)14-9-5-6-10-15(14)18/h2-12H,1H3/b19-17?,20-11+. The first kappa shape index (κ1) is 14.4. The molecule has 1 heterocycles. The number of thiazole rings is 1. The molecular formula is C17H14FN3S. The van der Waals surface area contributed by atoms with Gasteiger partial charge in [-0.15, -0.1) is 11.3 Å². The van der Waals surface area contributed by atoms with Gasteiger partial charge < -0.3 is 0 Å². The van der Waals surface area contributed by atoms with Crippen molar-refractivity contribution in [2.45, 2.75) is 0 Å². The molecule has 0 aliphatic carbocycles. The van der Waals surface area contributed by atoms with Gasteiger partial charge in [0.2, 0.25) is 4.80 Å². The molecule has 3 nitrogen and oxygen atoms in total. The van der Waals surface area contributed by atoms with Crippen LogP contribution in [0.25, 0.3) is 11.3 Å². The molecule has 1 aromatic heterocycles. The summed E-state index contributed by atoms with van der Waals surface area (Å²) in [5, 5.41) is 6.33. The van der Waals surface area contributed by atoms with Crippen molar-refractivity contribution in [1.82, 2.24) is 4.68 Å². The molecule has 5 heteroatoms. The average molecular weight is 311 g/mol. The Kier molecular flexibility index (Phi) is 4.25. The number of aromatic nitrogens is 1. The van der Waals surface area contributed by atoms with E-state index in [1.165, 1.54) is 17.4 Å². The highest BCUT2D eigenvalue weighted by molar-refractivity contribution is 7.07. The summed E-state index contributed by atoms with van der Waals surface area (Å²) >= 11 is 1.43. The molecule has 0 saturated heterocycles. The van der Waals surface area contributed by atoms with Crippen LogP contribution in [0.2, 0.25) is 0 Å². The quantitative estimate of drug-likeness (QED) is 0.659. The van der Waals surface area contributed by atoms with Crippen molar-refractivity contribution in [3.8, 4) is 11.3 Å². The van der Waals surface area contributed by atoms with Gasteiger partial charge in [0, 0.05) is 18.0 Å². The first-order valence-electron chi connectivity index (χ1n) is 6.77. The van der Waals surface area contributed by atoms with Gasteiger partial charge in [0.1, 0.15) is 5.82 Å². The molecule has 0 aliphatic rings. The SMILES string of the molecule is CN=c1scc(-c2ccccc2F)n1/N=C/c1ccccc1. The van der Waals surface area contributed by atoms with Gasteiger partial charge in [-0.1, -0.05) is 42.5 Å². The van der Waals surface area contributed by atoms with E-state index in [2.05, 4.69) is 10.1 Å². The molecule has 110 valence electrons. The molecule has 0 N–H and O–H groups in total. The largest absolute Gasteiger partial charge is 0.261 e. The fraction of sp³-hybridized carbons (Fsp3) is 0.0588. The van der Waals surface area contributed by atoms with Crippen molar-refractivity contribution in [2.75, 3.05) is 7.05 Å². The number of hydrogen-bond acceptors (Lipinski definition) is 3. The van der Waals surface area contributed by atoms with E-state index < -0.39 is 0 Å². The number of rotatable bonds is 3. The van der Waals surface area contributed by atoms with E-state index in [4.69, 9.17) is 0 Å². The molecule has 0 saturated carbocycles. The van der Waals surface area contributed by atoms with E-state index in [-0.39, 0.29) is 5.82 Å². The van der Waals surface area contributed by atoms with Crippen molar-refractivity contribution in [3.05, 3.63) is 76.2 Å². The molecule has 2 aromatic carbocycles. The molecule has 0 aliphatic heterocycles. The Morgan fingerprint density at radius 1 is 1.05 bits per heavy atom.